The first-order valence-electron chi connectivity index (χ1n) is 9.70. The molecular formula is C25H20ClNO3S. The summed E-state index contributed by atoms with van der Waals surface area (Å²) in [5.41, 5.74) is 3.49. The molecule has 0 bridgehead atoms. The van der Waals surface area contributed by atoms with Crippen LogP contribution in [0, 0.1) is 6.92 Å². The third kappa shape index (κ3) is 4.24. The van der Waals surface area contributed by atoms with E-state index in [-0.39, 0.29) is 11.8 Å². The lowest BCUT2D eigenvalue weighted by molar-refractivity contribution is -0.119. The number of carbonyl (C=O) groups excluding carboxylic acids is 2. The van der Waals surface area contributed by atoms with Crippen LogP contribution in [0.25, 0.3) is 5.57 Å². The fourth-order valence-corrected chi connectivity index (χ4v) is 4.58. The molecule has 2 amide bonds. The molecule has 3 aromatic carbocycles. The summed E-state index contributed by atoms with van der Waals surface area (Å²) in [5.74, 6) is 0.571. The third-order valence-electron chi connectivity index (χ3n) is 5.06. The van der Waals surface area contributed by atoms with Crippen LogP contribution >= 0.6 is 23.4 Å². The molecule has 1 heterocycles. The molecule has 0 aliphatic carbocycles. The number of aryl methyl sites for hydroxylation is 1. The van der Waals surface area contributed by atoms with Crippen molar-refractivity contribution in [1.29, 1.82) is 0 Å². The number of methoxy groups -OCH3 is 1. The molecule has 0 saturated carbocycles. The predicted molar refractivity (Wildman–Crippen MR) is 126 cm³/mol. The van der Waals surface area contributed by atoms with Gasteiger partial charge in [0.2, 0.25) is 0 Å². The van der Waals surface area contributed by atoms with E-state index in [2.05, 4.69) is 0 Å². The number of imide groups is 1. The lowest BCUT2D eigenvalue weighted by Gasteiger charge is -2.16. The number of thioether (sulfide) groups is 1. The molecule has 0 aromatic heterocycles. The molecule has 0 saturated heterocycles. The van der Waals surface area contributed by atoms with Crippen LogP contribution in [0.5, 0.6) is 5.75 Å². The van der Waals surface area contributed by atoms with Gasteiger partial charge in [0.1, 0.15) is 5.75 Å². The Morgan fingerprint density at radius 1 is 0.935 bits per heavy atom. The first-order valence-corrected chi connectivity index (χ1v) is 11.1. The molecule has 1 aliphatic rings. The van der Waals surface area contributed by atoms with E-state index in [1.807, 2.05) is 37.3 Å². The average molecular weight is 450 g/mol. The molecule has 0 atom stereocenters. The zero-order chi connectivity index (χ0) is 22.0. The molecule has 0 spiro atoms. The summed E-state index contributed by atoms with van der Waals surface area (Å²) in [6.07, 6.45) is 0. The first kappa shape index (κ1) is 21.2. The van der Waals surface area contributed by atoms with Gasteiger partial charge in [-0.2, -0.15) is 0 Å². The maximum absolute atomic E-state index is 13.4. The second-order valence-corrected chi connectivity index (χ2v) is 8.48. The zero-order valence-corrected chi connectivity index (χ0v) is 18.7. The lowest BCUT2D eigenvalue weighted by atomic mass is 10.1. The molecule has 0 N–H and O–H groups in total. The molecule has 0 unspecified atom stereocenters. The Kier molecular flexibility index (Phi) is 6.16. The molecule has 3 aromatic rings. The van der Waals surface area contributed by atoms with Gasteiger partial charge in [0.05, 0.1) is 23.3 Å². The molecule has 1 aliphatic heterocycles. The van der Waals surface area contributed by atoms with Crippen molar-refractivity contribution in [2.45, 2.75) is 12.7 Å². The number of ether oxygens (including phenoxy) is 1. The normalized spacial score (nSPS) is 13.8. The SMILES string of the molecule is COc1ccc(C2=C(SCc3ccccc3)C(=O)N(c3ccc(C)c(Cl)c3)C2=O)cc1. The van der Waals surface area contributed by atoms with Crippen molar-refractivity contribution in [3.63, 3.8) is 0 Å². The number of rotatable bonds is 6. The maximum atomic E-state index is 13.4. The monoisotopic (exact) mass is 449 g/mol. The predicted octanol–water partition coefficient (Wildman–Crippen LogP) is 5.87. The number of hydrogen-bond acceptors (Lipinski definition) is 4. The van der Waals surface area contributed by atoms with Gasteiger partial charge in [0.25, 0.3) is 11.8 Å². The largest absolute Gasteiger partial charge is 0.497 e. The van der Waals surface area contributed by atoms with E-state index in [9.17, 15) is 9.59 Å². The second kappa shape index (κ2) is 9.00. The standard InChI is InChI=1S/C25H20ClNO3S/c1-16-8-11-19(14-21(16)26)27-24(28)22(18-9-12-20(30-2)13-10-18)23(25(27)29)31-15-17-6-4-3-5-7-17/h3-14H,15H2,1-2H3. The molecule has 6 heteroatoms. The van der Waals surface area contributed by atoms with Crippen molar-refractivity contribution in [2.75, 3.05) is 12.0 Å². The van der Waals surface area contributed by atoms with E-state index < -0.39 is 0 Å². The summed E-state index contributed by atoms with van der Waals surface area (Å²) < 4.78 is 5.23. The van der Waals surface area contributed by atoms with Gasteiger partial charge in [-0.15, -0.1) is 11.8 Å². The van der Waals surface area contributed by atoms with E-state index >= 15 is 0 Å². The Labute approximate surface area is 190 Å². The summed E-state index contributed by atoms with van der Waals surface area (Å²) in [6.45, 7) is 1.88. The smallest absolute Gasteiger partial charge is 0.272 e. The van der Waals surface area contributed by atoms with Crippen LogP contribution in [-0.4, -0.2) is 18.9 Å². The Morgan fingerprint density at radius 3 is 2.29 bits per heavy atom. The van der Waals surface area contributed by atoms with Gasteiger partial charge >= 0.3 is 0 Å². The summed E-state index contributed by atoms with van der Waals surface area (Å²) in [4.78, 5) is 28.5. The highest BCUT2D eigenvalue weighted by molar-refractivity contribution is 8.03. The van der Waals surface area contributed by atoms with Crippen LogP contribution in [0.15, 0.2) is 77.7 Å². The van der Waals surface area contributed by atoms with Crippen LogP contribution in [-0.2, 0) is 15.3 Å². The topological polar surface area (TPSA) is 46.6 Å². The summed E-state index contributed by atoms with van der Waals surface area (Å²) in [7, 11) is 1.59. The van der Waals surface area contributed by atoms with Crippen LogP contribution < -0.4 is 9.64 Å². The van der Waals surface area contributed by atoms with Crippen molar-refractivity contribution in [1.82, 2.24) is 0 Å². The van der Waals surface area contributed by atoms with E-state index in [1.54, 1.807) is 49.6 Å². The fourth-order valence-electron chi connectivity index (χ4n) is 3.34. The summed E-state index contributed by atoms with van der Waals surface area (Å²) >= 11 is 7.64. The van der Waals surface area contributed by atoms with Gasteiger partial charge in [-0.1, -0.05) is 60.1 Å². The van der Waals surface area contributed by atoms with Crippen LogP contribution in [0.2, 0.25) is 5.02 Å². The van der Waals surface area contributed by atoms with Gasteiger partial charge in [-0.3, -0.25) is 9.59 Å². The Bertz CT molecular complexity index is 1170. The minimum absolute atomic E-state index is 0.336. The molecule has 31 heavy (non-hydrogen) atoms. The number of halogens is 1. The van der Waals surface area contributed by atoms with Gasteiger partial charge in [-0.05, 0) is 47.9 Å². The van der Waals surface area contributed by atoms with Crippen molar-refractivity contribution in [3.8, 4) is 5.75 Å². The van der Waals surface area contributed by atoms with Crippen molar-refractivity contribution >= 4 is 46.4 Å². The van der Waals surface area contributed by atoms with Crippen molar-refractivity contribution in [2.24, 2.45) is 0 Å². The number of carbonyl (C=O) groups is 2. The zero-order valence-electron chi connectivity index (χ0n) is 17.1. The summed E-state index contributed by atoms with van der Waals surface area (Å²) in [6, 6.07) is 22.2. The van der Waals surface area contributed by atoms with E-state index in [0.29, 0.717) is 38.3 Å². The highest BCUT2D eigenvalue weighted by Crippen LogP contribution is 2.40. The number of nitrogens with zero attached hydrogens (tertiary/aromatic N) is 1. The molecule has 0 radical (unpaired) electrons. The van der Waals surface area contributed by atoms with Crippen LogP contribution in [0.4, 0.5) is 5.69 Å². The van der Waals surface area contributed by atoms with Gasteiger partial charge in [-0.25, -0.2) is 4.90 Å². The number of benzene rings is 3. The molecule has 0 fully saturated rings. The van der Waals surface area contributed by atoms with Crippen molar-refractivity contribution < 1.29 is 14.3 Å². The van der Waals surface area contributed by atoms with E-state index in [4.69, 9.17) is 16.3 Å². The van der Waals surface area contributed by atoms with Gasteiger partial charge in [0, 0.05) is 10.8 Å². The molecule has 4 nitrogen and oxygen atoms in total. The number of amides is 2. The summed E-state index contributed by atoms with van der Waals surface area (Å²) in [5, 5.41) is 0.509. The minimum Gasteiger partial charge on any atom is -0.497 e. The number of hydrogen-bond donors (Lipinski definition) is 0. The molecule has 4 rings (SSSR count). The Hall–Kier alpha value is -3.02. The maximum Gasteiger partial charge on any atom is 0.272 e. The van der Waals surface area contributed by atoms with Crippen molar-refractivity contribution in [3.05, 3.63) is 99.4 Å². The van der Waals surface area contributed by atoms with E-state index in [1.165, 1.54) is 16.7 Å². The highest BCUT2D eigenvalue weighted by atomic mass is 35.5. The van der Waals surface area contributed by atoms with Crippen LogP contribution in [0.1, 0.15) is 16.7 Å². The third-order valence-corrected chi connectivity index (χ3v) is 6.61. The second-order valence-electron chi connectivity index (χ2n) is 7.09. The van der Waals surface area contributed by atoms with Gasteiger partial charge < -0.3 is 4.74 Å². The number of anilines is 1. The lowest BCUT2D eigenvalue weighted by Crippen LogP contribution is -2.31. The average Bonchev–Trinajstić information content (AvgIpc) is 3.04. The molecular weight excluding hydrogens is 430 g/mol. The Morgan fingerprint density at radius 2 is 1.65 bits per heavy atom. The first-order chi connectivity index (χ1) is 15.0. The molecule has 156 valence electrons. The fraction of sp³-hybridized carbons (Fsp3) is 0.120. The minimum atomic E-state index is -0.356. The quantitative estimate of drug-likeness (QED) is 0.441. The Balaban J connectivity index is 1.75. The highest BCUT2D eigenvalue weighted by Gasteiger charge is 2.40. The van der Waals surface area contributed by atoms with Gasteiger partial charge in [0.15, 0.2) is 0 Å². The van der Waals surface area contributed by atoms with Crippen LogP contribution in [0.3, 0.4) is 0 Å². The van der Waals surface area contributed by atoms with E-state index in [0.717, 1.165) is 11.1 Å².